The Morgan fingerprint density at radius 3 is 2.41 bits per heavy atom. The van der Waals surface area contributed by atoms with Gasteiger partial charge < -0.3 is 24.2 Å². The number of aryl methyl sites for hydroxylation is 1. The summed E-state index contributed by atoms with van der Waals surface area (Å²) in [5, 5.41) is 11.4. The van der Waals surface area contributed by atoms with Crippen molar-refractivity contribution in [3.63, 3.8) is 0 Å². The van der Waals surface area contributed by atoms with Crippen molar-refractivity contribution in [2.45, 2.75) is 32.7 Å². The van der Waals surface area contributed by atoms with Gasteiger partial charge >= 0.3 is 0 Å². The number of rotatable bonds is 10. The molecular formula is C29H36N2O6. The van der Waals surface area contributed by atoms with E-state index < -0.39 is 17.7 Å². The summed E-state index contributed by atoms with van der Waals surface area (Å²) in [5.74, 6) is -0.0626. The van der Waals surface area contributed by atoms with Gasteiger partial charge in [0.2, 0.25) is 0 Å². The summed E-state index contributed by atoms with van der Waals surface area (Å²) in [6.07, 6.45) is 1.60. The van der Waals surface area contributed by atoms with E-state index >= 15 is 0 Å². The van der Waals surface area contributed by atoms with E-state index in [9.17, 15) is 14.7 Å². The molecular weight excluding hydrogens is 472 g/mol. The SMILES string of the molecule is CCCOc1ccc(/C(O)=C2\C(=O)C(=O)N(CCCN3CCOCC3)C2c2ccc(OC)cc2)c(C)c1. The van der Waals surface area contributed by atoms with Gasteiger partial charge in [0.05, 0.1) is 38.5 Å². The van der Waals surface area contributed by atoms with Gasteiger partial charge in [-0.3, -0.25) is 14.5 Å². The van der Waals surface area contributed by atoms with Gasteiger partial charge in [0, 0.05) is 31.7 Å². The molecule has 1 unspecified atom stereocenters. The highest BCUT2D eigenvalue weighted by Crippen LogP contribution is 2.40. The summed E-state index contributed by atoms with van der Waals surface area (Å²) in [6.45, 7) is 8.82. The van der Waals surface area contributed by atoms with E-state index in [0.717, 1.165) is 37.2 Å². The number of carbonyl (C=O) groups excluding carboxylic acids is 2. The van der Waals surface area contributed by atoms with Crippen molar-refractivity contribution >= 4 is 17.4 Å². The molecule has 0 saturated carbocycles. The summed E-state index contributed by atoms with van der Waals surface area (Å²) in [7, 11) is 1.59. The molecule has 8 nitrogen and oxygen atoms in total. The van der Waals surface area contributed by atoms with Crippen molar-refractivity contribution in [1.82, 2.24) is 9.80 Å². The maximum absolute atomic E-state index is 13.3. The maximum atomic E-state index is 13.3. The second kappa shape index (κ2) is 12.3. The zero-order chi connectivity index (χ0) is 26.4. The molecule has 1 N–H and O–H groups in total. The Labute approximate surface area is 218 Å². The molecule has 2 fully saturated rings. The highest BCUT2D eigenvalue weighted by Gasteiger charge is 2.46. The Balaban J connectivity index is 1.67. The van der Waals surface area contributed by atoms with Crippen LogP contribution in [0, 0.1) is 6.92 Å². The van der Waals surface area contributed by atoms with E-state index in [0.29, 0.717) is 49.8 Å². The molecule has 2 saturated heterocycles. The fourth-order valence-electron chi connectivity index (χ4n) is 4.89. The van der Waals surface area contributed by atoms with Gasteiger partial charge in [0.1, 0.15) is 17.3 Å². The highest BCUT2D eigenvalue weighted by atomic mass is 16.5. The fourth-order valence-corrected chi connectivity index (χ4v) is 4.89. The van der Waals surface area contributed by atoms with Crippen molar-refractivity contribution in [1.29, 1.82) is 0 Å². The smallest absolute Gasteiger partial charge is 0.295 e. The second-order valence-electron chi connectivity index (χ2n) is 9.40. The number of likely N-dealkylation sites (tertiary alicyclic amines) is 1. The Morgan fingerprint density at radius 1 is 1.05 bits per heavy atom. The normalized spacial score (nSPS) is 19.9. The van der Waals surface area contributed by atoms with Crippen molar-refractivity contribution in [2.24, 2.45) is 0 Å². The molecule has 0 aromatic heterocycles. The Hall–Kier alpha value is -3.36. The van der Waals surface area contributed by atoms with Crippen LogP contribution in [0.4, 0.5) is 0 Å². The maximum Gasteiger partial charge on any atom is 0.295 e. The average molecular weight is 509 g/mol. The van der Waals surface area contributed by atoms with Crippen molar-refractivity contribution in [2.75, 3.05) is 53.1 Å². The van der Waals surface area contributed by atoms with Crippen LogP contribution in [0.15, 0.2) is 48.0 Å². The van der Waals surface area contributed by atoms with E-state index in [-0.39, 0.29) is 11.3 Å². The minimum absolute atomic E-state index is 0.104. The first-order valence-electron chi connectivity index (χ1n) is 12.9. The van der Waals surface area contributed by atoms with Gasteiger partial charge in [-0.15, -0.1) is 0 Å². The fraction of sp³-hybridized carbons (Fsp3) is 0.448. The third-order valence-corrected chi connectivity index (χ3v) is 6.87. The van der Waals surface area contributed by atoms with Crippen LogP contribution in [0.5, 0.6) is 11.5 Å². The quantitative estimate of drug-likeness (QED) is 0.295. The molecule has 4 rings (SSSR count). The van der Waals surface area contributed by atoms with Gasteiger partial charge in [-0.1, -0.05) is 19.1 Å². The molecule has 2 aromatic rings. The number of methoxy groups -OCH3 is 1. The van der Waals surface area contributed by atoms with E-state index in [1.807, 2.05) is 32.0 Å². The Morgan fingerprint density at radius 2 is 1.76 bits per heavy atom. The first kappa shape index (κ1) is 26.7. The number of ether oxygens (including phenoxy) is 3. The minimum Gasteiger partial charge on any atom is -0.507 e. The van der Waals surface area contributed by atoms with E-state index in [1.165, 1.54) is 0 Å². The minimum atomic E-state index is -0.689. The van der Waals surface area contributed by atoms with E-state index in [4.69, 9.17) is 14.2 Å². The van der Waals surface area contributed by atoms with Crippen LogP contribution in [-0.4, -0.2) is 79.7 Å². The number of carbonyl (C=O) groups is 2. The summed E-state index contributed by atoms with van der Waals surface area (Å²) in [5.41, 5.74) is 2.12. The predicted molar refractivity (Wildman–Crippen MR) is 141 cm³/mol. The number of hydrogen-bond donors (Lipinski definition) is 1. The Bertz CT molecular complexity index is 1140. The third kappa shape index (κ3) is 5.97. The molecule has 37 heavy (non-hydrogen) atoms. The predicted octanol–water partition coefficient (Wildman–Crippen LogP) is 3.94. The molecule has 0 spiro atoms. The molecule has 1 atom stereocenters. The molecule has 2 aliphatic heterocycles. The number of amides is 1. The standard InChI is InChI=1S/C29H36N2O6/c1-4-16-37-23-10-11-24(20(2)19-23)27(32)25-26(21-6-8-22(35-3)9-7-21)31(29(34)28(25)33)13-5-12-30-14-17-36-18-15-30/h6-11,19,26,32H,4-5,12-18H2,1-3H3/b27-25+. The first-order valence-corrected chi connectivity index (χ1v) is 12.9. The molecule has 2 aromatic carbocycles. The topological polar surface area (TPSA) is 88.5 Å². The van der Waals surface area contributed by atoms with Crippen LogP contribution in [0.2, 0.25) is 0 Å². The number of nitrogens with zero attached hydrogens (tertiary/aromatic N) is 2. The van der Waals surface area contributed by atoms with Gasteiger partial charge in [0.25, 0.3) is 11.7 Å². The van der Waals surface area contributed by atoms with E-state index in [2.05, 4.69) is 4.90 Å². The molecule has 2 heterocycles. The molecule has 0 aliphatic carbocycles. The number of hydrogen-bond acceptors (Lipinski definition) is 7. The molecule has 0 bridgehead atoms. The molecule has 1 amide bonds. The number of aliphatic hydroxyl groups is 1. The first-order chi connectivity index (χ1) is 17.9. The summed E-state index contributed by atoms with van der Waals surface area (Å²) < 4.78 is 16.4. The molecule has 2 aliphatic rings. The lowest BCUT2D eigenvalue weighted by atomic mass is 9.93. The lowest BCUT2D eigenvalue weighted by Gasteiger charge is -2.29. The lowest BCUT2D eigenvalue weighted by molar-refractivity contribution is -0.140. The number of benzene rings is 2. The van der Waals surface area contributed by atoms with Crippen LogP contribution in [0.3, 0.4) is 0 Å². The van der Waals surface area contributed by atoms with Gasteiger partial charge in [0.15, 0.2) is 0 Å². The third-order valence-electron chi connectivity index (χ3n) is 6.87. The molecule has 8 heteroatoms. The summed E-state index contributed by atoms with van der Waals surface area (Å²) in [4.78, 5) is 30.5. The average Bonchev–Trinajstić information content (AvgIpc) is 3.17. The largest absolute Gasteiger partial charge is 0.507 e. The van der Waals surface area contributed by atoms with Crippen LogP contribution < -0.4 is 9.47 Å². The van der Waals surface area contributed by atoms with Crippen LogP contribution in [-0.2, 0) is 14.3 Å². The monoisotopic (exact) mass is 508 g/mol. The number of aliphatic hydroxyl groups excluding tert-OH is 1. The van der Waals surface area contributed by atoms with Crippen LogP contribution in [0.25, 0.3) is 5.76 Å². The number of morpholine rings is 1. The van der Waals surface area contributed by atoms with Crippen molar-refractivity contribution < 1.29 is 28.9 Å². The number of Topliss-reactive ketones (excluding diaryl/α,β-unsaturated/α-hetero) is 1. The lowest BCUT2D eigenvalue weighted by Crippen LogP contribution is -2.38. The van der Waals surface area contributed by atoms with Crippen molar-refractivity contribution in [3.05, 3.63) is 64.7 Å². The molecule has 0 radical (unpaired) electrons. The van der Waals surface area contributed by atoms with Gasteiger partial charge in [-0.2, -0.15) is 0 Å². The Kier molecular flexibility index (Phi) is 8.84. The van der Waals surface area contributed by atoms with Crippen LogP contribution >= 0.6 is 0 Å². The number of ketones is 1. The zero-order valence-corrected chi connectivity index (χ0v) is 21.9. The van der Waals surface area contributed by atoms with E-state index in [1.54, 1.807) is 36.3 Å². The second-order valence-corrected chi connectivity index (χ2v) is 9.40. The van der Waals surface area contributed by atoms with Crippen molar-refractivity contribution in [3.8, 4) is 11.5 Å². The van der Waals surface area contributed by atoms with Gasteiger partial charge in [-0.05, 0) is 61.2 Å². The summed E-state index contributed by atoms with van der Waals surface area (Å²) >= 11 is 0. The van der Waals surface area contributed by atoms with Crippen LogP contribution in [0.1, 0.15) is 42.5 Å². The summed E-state index contributed by atoms with van der Waals surface area (Å²) in [6, 6.07) is 11.9. The van der Waals surface area contributed by atoms with Gasteiger partial charge in [-0.25, -0.2) is 0 Å². The zero-order valence-electron chi connectivity index (χ0n) is 21.9. The highest BCUT2D eigenvalue weighted by molar-refractivity contribution is 6.46. The molecule has 198 valence electrons.